The molecular weight excluding hydrogens is 186 g/mol. The van der Waals surface area contributed by atoms with Gasteiger partial charge in [0.1, 0.15) is 12.1 Å². The summed E-state index contributed by atoms with van der Waals surface area (Å²) >= 11 is 0. The highest BCUT2D eigenvalue weighted by molar-refractivity contribution is 5.84. The molecule has 0 atom stereocenters. The molecular formula is C8H9N3O3. The van der Waals surface area contributed by atoms with Gasteiger partial charge in [-0.15, -0.1) is 5.10 Å². The Morgan fingerprint density at radius 3 is 2.29 bits per heavy atom. The fourth-order valence-corrected chi connectivity index (χ4v) is 0.819. The van der Waals surface area contributed by atoms with E-state index in [0.29, 0.717) is 0 Å². The van der Waals surface area contributed by atoms with Crippen LogP contribution in [0.2, 0.25) is 0 Å². The maximum Gasteiger partial charge on any atom is 0.161 e. The Balaban J connectivity index is 3.04. The lowest BCUT2D eigenvalue weighted by molar-refractivity contribution is 0.396. The Morgan fingerprint density at radius 1 is 1.00 bits per heavy atom. The molecule has 74 valence electrons. The van der Waals surface area contributed by atoms with Gasteiger partial charge in [0.05, 0.1) is 6.21 Å². The maximum absolute atomic E-state index is 9.27. The molecule has 0 aliphatic carbocycles. The van der Waals surface area contributed by atoms with Crippen LogP contribution in [0, 0.1) is 0 Å². The van der Waals surface area contributed by atoms with Crippen molar-refractivity contribution in [3.8, 4) is 17.2 Å². The van der Waals surface area contributed by atoms with Crippen LogP contribution < -0.4 is 5.73 Å². The van der Waals surface area contributed by atoms with Crippen LogP contribution >= 0.6 is 0 Å². The van der Waals surface area contributed by atoms with Crippen LogP contribution in [0.3, 0.4) is 0 Å². The highest BCUT2D eigenvalue weighted by Gasteiger charge is 2.05. The summed E-state index contributed by atoms with van der Waals surface area (Å²) < 4.78 is 0. The minimum absolute atomic E-state index is 0.212. The molecule has 0 heterocycles. The molecule has 1 aromatic rings. The lowest BCUT2D eigenvalue weighted by Gasteiger charge is -2.01. The van der Waals surface area contributed by atoms with E-state index in [4.69, 9.17) is 15.9 Å². The molecule has 0 amide bonds. The van der Waals surface area contributed by atoms with Gasteiger partial charge in [-0.2, -0.15) is 5.10 Å². The SMILES string of the molecule is N/C=N\N=C\c1cc(O)c(O)cc1O. The molecule has 0 radical (unpaired) electrons. The second-order valence-corrected chi connectivity index (χ2v) is 2.41. The average molecular weight is 195 g/mol. The second-order valence-electron chi connectivity index (χ2n) is 2.41. The van der Waals surface area contributed by atoms with E-state index >= 15 is 0 Å². The van der Waals surface area contributed by atoms with E-state index in [2.05, 4.69) is 10.2 Å². The molecule has 5 N–H and O–H groups in total. The fraction of sp³-hybridized carbons (Fsp3) is 0. The van der Waals surface area contributed by atoms with Gasteiger partial charge < -0.3 is 21.1 Å². The Bertz CT molecular complexity index is 388. The average Bonchev–Trinajstić information content (AvgIpc) is 2.14. The number of hydrogen-bond acceptors (Lipinski definition) is 5. The standard InChI is InChI=1S/C8H9N3O3/c9-4-11-10-3-5-1-7(13)8(14)2-6(5)12/h1-4,12-14H,(H2,9,11)/b10-3+. The zero-order chi connectivity index (χ0) is 10.6. The Kier molecular flexibility index (Phi) is 2.90. The summed E-state index contributed by atoms with van der Waals surface area (Å²) in [5.41, 5.74) is 5.16. The lowest BCUT2D eigenvalue weighted by atomic mass is 10.2. The molecule has 1 rings (SSSR count). The van der Waals surface area contributed by atoms with Gasteiger partial charge in [0.15, 0.2) is 11.5 Å². The minimum Gasteiger partial charge on any atom is -0.507 e. The van der Waals surface area contributed by atoms with Gasteiger partial charge in [-0.1, -0.05) is 0 Å². The summed E-state index contributed by atoms with van der Waals surface area (Å²) in [6.45, 7) is 0. The van der Waals surface area contributed by atoms with Crippen molar-refractivity contribution < 1.29 is 15.3 Å². The number of nitrogens with two attached hydrogens (primary N) is 1. The van der Waals surface area contributed by atoms with E-state index < -0.39 is 5.75 Å². The lowest BCUT2D eigenvalue weighted by Crippen LogP contribution is -1.87. The van der Waals surface area contributed by atoms with E-state index in [9.17, 15) is 5.11 Å². The van der Waals surface area contributed by atoms with Crippen LogP contribution in [0.4, 0.5) is 0 Å². The van der Waals surface area contributed by atoms with Crippen LogP contribution in [0.5, 0.6) is 17.2 Å². The van der Waals surface area contributed by atoms with E-state index in [1.807, 2.05) is 0 Å². The molecule has 0 aliphatic heterocycles. The van der Waals surface area contributed by atoms with Crippen molar-refractivity contribution in [1.82, 2.24) is 0 Å². The fourth-order valence-electron chi connectivity index (χ4n) is 0.819. The molecule has 14 heavy (non-hydrogen) atoms. The van der Waals surface area contributed by atoms with Crippen molar-refractivity contribution in [3.63, 3.8) is 0 Å². The summed E-state index contributed by atoms with van der Waals surface area (Å²) in [5.74, 6) is -0.959. The highest BCUT2D eigenvalue weighted by atomic mass is 16.3. The monoisotopic (exact) mass is 195 g/mol. The van der Waals surface area contributed by atoms with Gasteiger partial charge in [-0.3, -0.25) is 0 Å². The molecule has 0 fully saturated rings. The third kappa shape index (κ3) is 2.13. The summed E-state index contributed by atoms with van der Waals surface area (Å²) in [6, 6.07) is 2.16. The number of benzene rings is 1. The highest BCUT2D eigenvalue weighted by Crippen LogP contribution is 2.31. The van der Waals surface area contributed by atoms with Gasteiger partial charge in [0, 0.05) is 11.6 Å². The van der Waals surface area contributed by atoms with Crippen molar-refractivity contribution in [1.29, 1.82) is 0 Å². The van der Waals surface area contributed by atoms with Gasteiger partial charge in [-0.05, 0) is 6.07 Å². The third-order valence-electron chi connectivity index (χ3n) is 1.45. The van der Waals surface area contributed by atoms with E-state index in [1.165, 1.54) is 6.21 Å². The van der Waals surface area contributed by atoms with Crippen molar-refractivity contribution in [2.24, 2.45) is 15.9 Å². The number of phenols is 3. The van der Waals surface area contributed by atoms with Gasteiger partial charge in [-0.25, -0.2) is 0 Å². The van der Waals surface area contributed by atoms with E-state index in [-0.39, 0.29) is 17.1 Å². The summed E-state index contributed by atoms with van der Waals surface area (Å²) in [4.78, 5) is 0. The Labute approximate surface area is 79.6 Å². The summed E-state index contributed by atoms with van der Waals surface area (Å²) in [6.07, 6.45) is 2.17. The number of phenolic OH excluding ortho intramolecular Hbond substituents is 3. The zero-order valence-corrected chi connectivity index (χ0v) is 7.12. The van der Waals surface area contributed by atoms with E-state index in [0.717, 1.165) is 18.5 Å². The molecule has 0 spiro atoms. The number of aromatic hydroxyl groups is 3. The van der Waals surface area contributed by atoms with Gasteiger partial charge >= 0.3 is 0 Å². The summed E-state index contributed by atoms with van der Waals surface area (Å²) in [5, 5.41) is 34.1. The van der Waals surface area contributed by atoms with Gasteiger partial charge in [0.25, 0.3) is 0 Å². The molecule has 0 aliphatic rings. The Morgan fingerprint density at radius 2 is 1.64 bits per heavy atom. The van der Waals surface area contributed by atoms with Crippen molar-refractivity contribution in [3.05, 3.63) is 17.7 Å². The van der Waals surface area contributed by atoms with E-state index in [1.54, 1.807) is 0 Å². The van der Waals surface area contributed by atoms with Crippen LogP contribution in [0.15, 0.2) is 22.3 Å². The zero-order valence-electron chi connectivity index (χ0n) is 7.12. The van der Waals surface area contributed by atoms with Crippen LogP contribution in [-0.2, 0) is 0 Å². The molecule has 6 heteroatoms. The quantitative estimate of drug-likeness (QED) is 0.176. The minimum atomic E-state index is -0.401. The normalized spacial score (nSPS) is 11.4. The summed E-state index contributed by atoms with van der Waals surface area (Å²) in [7, 11) is 0. The predicted octanol–water partition coefficient (Wildman–Crippen LogP) is 0.124. The molecule has 0 unspecified atom stereocenters. The first-order valence-corrected chi connectivity index (χ1v) is 3.66. The first kappa shape index (κ1) is 9.85. The predicted molar refractivity (Wildman–Crippen MR) is 51.7 cm³/mol. The molecule has 0 aromatic heterocycles. The second kappa shape index (κ2) is 4.13. The third-order valence-corrected chi connectivity index (χ3v) is 1.45. The largest absolute Gasteiger partial charge is 0.507 e. The number of nitrogens with zero attached hydrogens (tertiary/aromatic N) is 2. The topological polar surface area (TPSA) is 111 Å². The van der Waals surface area contributed by atoms with Crippen LogP contribution in [0.25, 0.3) is 0 Å². The van der Waals surface area contributed by atoms with Gasteiger partial charge in [0.2, 0.25) is 0 Å². The maximum atomic E-state index is 9.27. The van der Waals surface area contributed by atoms with Crippen LogP contribution in [0.1, 0.15) is 5.56 Å². The molecule has 1 aromatic carbocycles. The van der Waals surface area contributed by atoms with Crippen molar-refractivity contribution >= 4 is 12.6 Å². The Hall–Kier alpha value is -2.24. The number of hydrogen-bond donors (Lipinski definition) is 4. The molecule has 0 bridgehead atoms. The first-order chi connectivity index (χ1) is 6.65. The first-order valence-electron chi connectivity index (χ1n) is 3.66. The molecule has 0 saturated heterocycles. The number of rotatable bonds is 2. The molecule has 0 saturated carbocycles. The molecule has 6 nitrogen and oxygen atoms in total. The smallest absolute Gasteiger partial charge is 0.161 e. The van der Waals surface area contributed by atoms with Crippen molar-refractivity contribution in [2.75, 3.05) is 0 Å². The van der Waals surface area contributed by atoms with Crippen molar-refractivity contribution in [2.45, 2.75) is 0 Å². The van der Waals surface area contributed by atoms with Crippen LogP contribution in [-0.4, -0.2) is 27.9 Å².